The molecule has 11 nitrogen and oxygen atoms in total. The maximum Gasteiger partial charge on any atom is 0.305 e. The number of rotatable bonds is 5. The Morgan fingerprint density at radius 1 is 1.12 bits per heavy atom. The van der Waals surface area contributed by atoms with Gasteiger partial charge in [-0.25, -0.2) is 4.90 Å². The summed E-state index contributed by atoms with van der Waals surface area (Å²) in [6, 6.07) is 2.72. The molecule has 1 aromatic rings. The first-order valence-corrected chi connectivity index (χ1v) is 9.83. The van der Waals surface area contributed by atoms with Crippen LogP contribution in [0.2, 0.25) is 0 Å². The quantitative estimate of drug-likeness (QED) is 0.165. The Bertz CT molecular complexity index is 1090. The molecule has 0 radical (unpaired) electrons. The molecule has 32 heavy (non-hydrogen) atoms. The third kappa shape index (κ3) is 3.00. The summed E-state index contributed by atoms with van der Waals surface area (Å²) in [5.41, 5.74) is -0.961. The van der Waals surface area contributed by atoms with Crippen molar-refractivity contribution in [2.24, 2.45) is 11.8 Å². The highest BCUT2D eigenvalue weighted by atomic mass is 16.7. The number of esters is 2. The number of nitrogens with zero attached hydrogens (tertiary/aromatic N) is 2. The number of nitro benzene ring substituents is 1. The fraction of sp³-hybridized carbons (Fsp3) is 0.429. The van der Waals surface area contributed by atoms with Crippen LogP contribution in [0.4, 0.5) is 11.4 Å². The highest BCUT2D eigenvalue weighted by Crippen LogP contribution is 2.55. The highest BCUT2D eigenvalue weighted by molar-refractivity contribution is 6.24. The molecular weight excluding hydrogens is 424 g/mol. The number of nitro groups is 1. The summed E-state index contributed by atoms with van der Waals surface area (Å²) in [5, 5.41) is 11.7. The van der Waals surface area contributed by atoms with Gasteiger partial charge in [0.25, 0.3) is 12.0 Å². The molecule has 4 atom stereocenters. The molecule has 3 heterocycles. The van der Waals surface area contributed by atoms with Crippen molar-refractivity contribution in [3.05, 3.63) is 45.5 Å². The third-order valence-corrected chi connectivity index (χ3v) is 6.02. The van der Waals surface area contributed by atoms with E-state index < -0.39 is 58.5 Å². The van der Waals surface area contributed by atoms with Crippen molar-refractivity contribution in [2.75, 3.05) is 4.90 Å². The van der Waals surface area contributed by atoms with Crippen molar-refractivity contribution in [3.8, 4) is 0 Å². The summed E-state index contributed by atoms with van der Waals surface area (Å²) in [7, 11) is 0. The molecule has 0 unspecified atom stereocenters. The van der Waals surface area contributed by atoms with Gasteiger partial charge < -0.3 is 14.2 Å². The Labute approximate surface area is 182 Å². The zero-order valence-corrected chi connectivity index (χ0v) is 17.7. The van der Waals surface area contributed by atoms with E-state index in [-0.39, 0.29) is 11.4 Å². The SMILES string of the molecule is CC(=O)OC(OC(C)=O)[C@]12C=C[C@H](O1)[C@@H]1C(=O)N(c3cc(C)c(C)cc3[N+](=O)[O-])C(=O)[C@@H]12. The van der Waals surface area contributed by atoms with E-state index in [0.717, 1.165) is 18.7 Å². The van der Waals surface area contributed by atoms with E-state index in [4.69, 9.17) is 14.2 Å². The fourth-order valence-corrected chi connectivity index (χ4v) is 4.57. The van der Waals surface area contributed by atoms with Crippen molar-refractivity contribution in [3.63, 3.8) is 0 Å². The van der Waals surface area contributed by atoms with E-state index in [0.29, 0.717) is 11.1 Å². The molecule has 3 aliphatic rings. The van der Waals surface area contributed by atoms with E-state index >= 15 is 0 Å². The van der Waals surface area contributed by atoms with Crippen LogP contribution in [-0.2, 0) is 33.4 Å². The van der Waals surface area contributed by atoms with Gasteiger partial charge in [-0.15, -0.1) is 0 Å². The van der Waals surface area contributed by atoms with Crippen LogP contribution in [0.5, 0.6) is 0 Å². The van der Waals surface area contributed by atoms with E-state index in [1.54, 1.807) is 13.8 Å². The number of ether oxygens (including phenoxy) is 3. The van der Waals surface area contributed by atoms with Crippen LogP contribution >= 0.6 is 0 Å². The molecule has 0 N–H and O–H groups in total. The van der Waals surface area contributed by atoms with Crippen LogP contribution in [0.1, 0.15) is 25.0 Å². The van der Waals surface area contributed by atoms with E-state index in [2.05, 4.69) is 0 Å². The highest BCUT2D eigenvalue weighted by Gasteiger charge is 2.72. The van der Waals surface area contributed by atoms with Crippen LogP contribution in [0, 0.1) is 35.8 Å². The zero-order valence-electron chi connectivity index (χ0n) is 17.7. The predicted octanol–water partition coefficient (Wildman–Crippen LogP) is 1.48. The molecule has 11 heteroatoms. The van der Waals surface area contributed by atoms with Gasteiger partial charge in [0.2, 0.25) is 11.8 Å². The third-order valence-electron chi connectivity index (χ3n) is 6.02. The van der Waals surface area contributed by atoms with Gasteiger partial charge in [0.1, 0.15) is 5.69 Å². The van der Waals surface area contributed by atoms with Gasteiger partial charge in [-0.05, 0) is 37.1 Å². The predicted molar refractivity (Wildman–Crippen MR) is 106 cm³/mol. The smallest absolute Gasteiger partial charge is 0.305 e. The summed E-state index contributed by atoms with van der Waals surface area (Å²) in [6.07, 6.45) is 0.518. The lowest BCUT2D eigenvalue weighted by Gasteiger charge is -2.34. The molecule has 2 fully saturated rings. The number of anilines is 1. The number of benzene rings is 1. The Morgan fingerprint density at radius 2 is 1.72 bits per heavy atom. The van der Waals surface area contributed by atoms with E-state index in [1.165, 1.54) is 24.3 Å². The standard InChI is InChI=1S/C21H20N2O9/c1-9-7-13(14(23(28)29)8-10(9)2)22-18(26)16-15-5-6-21(32-15,17(16)19(22)27)20(30-11(3)24)31-12(4)25/h5-8,15-17,20H,1-4H3/t15-,16-,17+,21+/m0/s1. The fourth-order valence-electron chi connectivity index (χ4n) is 4.57. The topological polar surface area (TPSA) is 142 Å². The maximum absolute atomic E-state index is 13.5. The zero-order chi connectivity index (χ0) is 23.5. The Morgan fingerprint density at radius 3 is 2.28 bits per heavy atom. The molecule has 2 amide bonds. The van der Waals surface area contributed by atoms with Gasteiger partial charge in [-0.3, -0.25) is 29.3 Å². The van der Waals surface area contributed by atoms with Crippen LogP contribution in [0.25, 0.3) is 0 Å². The van der Waals surface area contributed by atoms with Gasteiger partial charge in [0.15, 0.2) is 5.60 Å². The van der Waals surface area contributed by atoms with Crippen LogP contribution in [0.15, 0.2) is 24.3 Å². The molecule has 2 bridgehead atoms. The van der Waals surface area contributed by atoms with Crippen LogP contribution in [-0.4, -0.2) is 46.7 Å². The van der Waals surface area contributed by atoms with Gasteiger partial charge in [-0.1, -0.05) is 6.08 Å². The van der Waals surface area contributed by atoms with Gasteiger partial charge in [0.05, 0.1) is 22.9 Å². The molecule has 168 valence electrons. The van der Waals surface area contributed by atoms with Crippen molar-refractivity contribution in [1.29, 1.82) is 0 Å². The number of aryl methyl sites for hydroxylation is 2. The average molecular weight is 444 g/mol. The lowest BCUT2D eigenvalue weighted by molar-refractivity contribution is -0.384. The number of imide groups is 1. The number of hydrogen-bond donors (Lipinski definition) is 0. The monoisotopic (exact) mass is 444 g/mol. The number of amides is 2. The van der Waals surface area contributed by atoms with Crippen LogP contribution in [0.3, 0.4) is 0 Å². The Hall–Kier alpha value is -3.60. The van der Waals surface area contributed by atoms with Crippen molar-refractivity contribution in [1.82, 2.24) is 0 Å². The maximum atomic E-state index is 13.5. The molecule has 1 aromatic carbocycles. The number of carbonyl (C=O) groups is 4. The largest absolute Gasteiger partial charge is 0.422 e. The van der Waals surface area contributed by atoms with Crippen molar-refractivity contribution >= 4 is 35.1 Å². The Kier molecular flexibility index (Phi) is 4.88. The average Bonchev–Trinajstić information content (AvgIpc) is 3.33. The summed E-state index contributed by atoms with van der Waals surface area (Å²) in [5.74, 6) is -5.22. The van der Waals surface area contributed by atoms with Crippen molar-refractivity contribution in [2.45, 2.75) is 45.7 Å². The number of hydrogen-bond acceptors (Lipinski definition) is 9. The second-order valence-electron chi connectivity index (χ2n) is 8.04. The molecule has 3 aliphatic heterocycles. The molecule has 0 spiro atoms. The molecule has 0 aliphatic carbocycles. The Balaban J connectivity index is 1.81. The normalized spacial score (nSPS) is 27.8. The summed E-state index contributed by atoms with van der Waals surface area (Å²) in [6.45, 7) is 5.59. The van der Waals surface area contributed by atoms with Gasteiger partial charge >= 0.3 is 11.9 Å². The summed E-state index contributed by atoms with van der Waals surface area (Å²) < 4.78 is 16.2. The molecular formula is C21H20N2O9. The summed E-state index contributed by atoms with van der Waals surface area (Å²) >= 11 is 0. The first-order valence-electron chi connectivity index (χ1n) is 9.83. The van der Waals surface area contributed by atoms with Crippen LogP contribution < -0.4 is 4.90 Å². The van der Waals surface area contributed by atoms with Crippen molar-refractivity contribution < 1.29 is 38.3 Å². The molecule has 2 saturated heterocycles. The minimum Gasteiger partial charge on any atom is -0.422 e. The second-order valence-corrected chi connectivity index (χ2v) is 8.04. The van der Waals surface area contributed by atoms with Gasteiger partial charge in [0, 0.05) is 19.9 Å². The lowest BCUT2D eigenvalue weighted by atomic mass is 9.76. The minimum atomic E-state index is -1.72. The second kappa shape index (κ2) is 7.23. The first-order chi connectivity index (χ1) is 15.0. The number of carbonyl (C=O) groups excluding carboxylic acids is 4. The van der Waals surface area contributed by atoms with E-state index in [9.17, 15) is 29.3 Å². The van der Waals surface area contributed by atoms with Gasteiger partial charge in [-0.2, -0.15) is 0 Å². The minimum absolute atomic E-state index is 0.145. The first kappa shape index (κ1) is 21.6. The number of fused-ring (bicyclic) bond motifs is 5. The lowest BCUT2D eigenvalue weighted by Crippen LogP contribution is -2.52. The van der Waals surface area contributed by atoms with E-state index in [1.807, 2.05) is 0 Å². The molecule has 0 saturated carbocycles. The summed E-state index contributed by atoms with van der Waals surface area (Å²) in [4.78, 5) is 61.9. The molecule has 0 aromatic heterocycles. The molecule has 4 rings (SSSR count).